The van der Waals surface area contributed by atoms with Crippen LogP contribution in [0.3, 0.4) is 0 Å². The highest BCUT2D eigenvalue weighted by Crippen LogP contribution is 2.16. The molecule has 2 aromatic heterocycles. The molecule has 0 fully saturated rings. The fourth-order valence-corrected chi connectivity index (χ4v) is 1.94. The number of nitrogens with one attached hydrogen (secondary N) is 2. The summed E-state index contributed by atoms with van der Waals surface area (Å²) in [6.45, 7) is 0.739. The fourth-order valence-electron chi connectivity index (χ4n) is 1.94. The summed E-state index contributed by atoms with van der Waals surface area (Å²) < 4.78 is 0. The van der Waals surface area contributed by atoms with Crippen molar-refractivity contribution in [2.75, 3.05) is 11.1 Å². The number of anilines is 2. The number of nitrogens with zero attached hydrogens (tertiary/aromatic N) is 1. The van der Waals surface area contributed by atoms with E-state index in [4.69, 9.17) is 5.73 Å². The molecule has 0 aliphatic rings. The first-order chi connectivity index (χ1) is 8.81. The lowest BCUT2D eigenvalue weighted by Gasteiger charge is -2.06. The zero-order chi connectivity index (χ0) is 12.4. The van der Waals surface area contributed by atoms with Gasteiger partial charge in [-0.05, 0) is 29.8 Å². The molecule has 0 aliphatic heterocycles. The molecule has 90 valence electrons. The zero-order valence-electron chi connectivity index (χ0n) is 9.85. The van der Waals surface area contributed by atoms with Crippen LogP contribution in [0.5, 0.6) is 0 Å². The minimum absolute atomic E-state index is 0.739. The molecule has 3 aromatic rings. The Kier molecular flexibility index (Phi) is 2.61. The summed E-state index contributed by atoms with van der Waals surface area (Å²) >= 11 is 0. The molecule has 0 saturated heterocycles. The molecule has 1 aromatic carbocycles. The third-order valence-corrected chi connectivity index (χ3v) is 2.85. The summed E-state index contributed by atoms with van der Waals surface area (Å²) in [5.41, 5.74) is 9.60. The maximum atomic E-state index is 5.74. The molecule has 0 bridgehead atoms. The van der Waals surface area contributed by atoms with Crippen LogP contribution in [0, 0.1) is 0 Å². The number of aromatic nitrogens is 2. The Morgan fingerprint density at radius 3 is 3.06 bits per heavy atom. The van der Waals surface area contributed by atoms with Crippen LogP contribution >= 0.6 is 0 Å². The van der Waals surface area contributed by atoms with Gasteiger partial charge < -0.3 is 16.0 Å². The van der Waals surface area contributed by atoms with Crippen LogP contribution in [0.2, 0.25) is 0 Å². The van der Waals surface area contributed by atoms with E-state index in [-0.39, 0.29) is 0 Å². The van der Waals surface area contributed by atoms with Gasteiger partial charge in [-0.3, -0.25) is 0 Å². The summed E-state index contributed by atoms with van der Waals surface area (Å²) in [5, 5.41) is 4.44. The van der Waals surface area contributed by atoms with Gasteiger partial charge in [0.05, 0.1) is 11.9 Å². The van der Waals surface area contributed by atoms with E-state index in [1.54, 1.807) is 0 Å². The van der Waals surface area contributed by atoms with Gasteiger partial charge in [-0.2, -0.15) is 0 Å². The highest BCUT2D eigenvalue weighted by molar-refractivity contribution is 5.78. The summed E-state index contributed by atoms with van der Waals surface area (Å²) in [4.78, 5) is 7.40. The van der Waals surface area contributed by atoms with Crippen molar-refractivity contribution in [2.24, 2.45) is 0 Å². The molecule has 0 saturated carbocycles. The normalized spacial score (nSPS) is 10.7. The molecule has 4 N–H and O–H groups in total. The van der Waals surface area contributed by atoms with Crippen molar-refractivity contribution in [3.8, 4) is 0 Å². The summed E-state index contributed by atoms with van der Waals surface area (Å²) in [5.74, 6) is 0. The monoisotopic (exact) mass is 238 g/mol. The van der Waals surface area contributed by atoms with E-state index in [2.05, 4.69) is 21.4 Å². The first kappa shape index (κ1) is 10.7. The van der Waals surface area contributed by atoms with Crippen LogP contribution in [-0.2, 0) is 6.54 Å². The molecule has 4 nitrogen and oxygen atoms in total. The van der Waals surface area contributed by atoms with Crippen LogP contribution in [0.25, 0.3) is 11.0 Å². The van der Waals surface area contributed by atoms with Gasteiger partial charge >= 0.3 is 0 Å². The van der Waals surface area contributed by atoms with Crippen LogP contribution < -0.4 is 11.1 Å². The van der Waals surface area contributed by atoms with Crippen LogP contribution in [0.4, 0.5) is 11.4 Å². The predicted molar refractivity (Wildman–Crippen MR) is 74.3 cm³/mol. The lowest BCUT2D eigenvalue weighted by atomic mass is 10.2. The lowest BCUT2D eigenvalue weighted by molar-refractivity contribution is 1.14. The van der Waals surface area contributed by atoms with Gasteiger partial charge in [0.15, 0.2) is 0 Å². The molecule has 0 radical (unpaired) electrons. The molecular weight excluding hydrogens is 224 g/mol. The molecule has 0 spiro atoms. The second-order valence-electron chi connectivity index (χ2n) is 4.24. The minimum atomic E-state index is 0.739. The predicted octanol–water partition coefficient (Wildman–Crippen LogP) is 2.76. The number of pyridine rings is 1. The van der Waals surface area contributed by atoms with Crippen LogP contribution in [0.1, 0.15) is 5.56 Å². The molecule has 0 amide bonds. The standard InChI is InChI=1S/C14H14N4/c15-12-3-1-2-10(6-12)8-17-13-7-11-4-5-16-14(11)18-9-13/h1-7,9,17H,8,15H2,(H,16,18). The number of rotatable bonds is 3. The van der Waals surface area contributed by atoms with Gasteiger partial charge in [-0.1, -0.05) is 12.1 Å². The Labute approximate surface area is 105 Å². The summed E-state index contributed by atoms with van der Waals surface area (Å²) in [6.07, 6.45) is 3.71. The van der Waals surface area contributed by atoms with Gasteiger partial charge in [0.25, 0.3) is 0 Å². The average Bonchev–Trinajstić information content (AvgIpc) is 2.84. The Morgan fingerprint density at radius 1 is 1.22 bits per heavy atom. The first-order valence-electron chi connectivity index (χ1n) is 5.83. The number of H-pyrrole nitrogens is 1. The van der Waals surface area contributed by atoms with Crippen molar-refractivity contribution in [1.29, 1.82) is 0 Å². The fraction of sp³-hybridized carbons (Fsp3) is 0.0714. The van der Waals surface area contributed by atoms with E-state index in [0.29, 0.717) is 0 Å². The minimum Gasteiger partial charge on any atom is -0.399 e. The van der Waals surface area contributed by atoms with E-state index in [9.17, 15) is 0 Å². The van der Waals surface area contributed by atoms with Crippen molar-refractivity contribution in [3.63, 3.8) is 0 Å². The largest absolute Gasteiger partial charge is 0.399 e. The van der Waals surface area contributed by atoms with E-state index in [1.165, 1.54) is 0 Å². The Hall–Kier alpha value is -2.49. The molecule has 2 heterocycles. The number of aromatic amines is 1. The van der Waals surface area contributed by atoms with Crippen molar-refractivity contribution in [3.05, 3.63) is 54.4 Å². The molecule has 18 heavy (non-hydrogen) atoms. The van der Waals surface area contributed by atoms with Gasteiger partial charge in [-0.15, -0.1) is 0 Å². The number of nitrogen functional groups attached to an aromatic ring is 1. The van der Waals surface area contributed by atoms with E-state index in [0.717, 1.165) is 34.5 Å². The van der Waals surface area contributed by atoms with Crippen molar-refractivity contribution < 1.29 is 0 Å². The average molecular weight is 238 g/mol. The van der Waals surface area contributed by atoms with Crippen molar-refractivity contribution in [2.45, 2.75) is 6.54 Å². The third kappa shape index (κ3) is 2.13. The van der Waals surface area contributed by atoms with Gasteiger partial charge in [0, 0.05) is 23.8 Å². The van der Waals surface area contributed by atoms with Crippen molar-refractivity contribution >= 4 is 22.4 Å². The first-order valence-corrected chi connectivity index (χ1v) is 5.83. The van der Waals surface area contributed by atoms with Gasteiger partial charge in [-0.25, -0.2) is 4.98 Å². The van der Waals surface area contributed by atoms with E-state index in [1.807, 2.05) is 42.7 Å². The van der Waals surface area contributed by atoms with Gasteiger partial charge in [0.1, 0.15) is 5.65 Å². The number of fused-ring (bicyclic) bond motifs is 1. The smallest absolute Gasteiger partial charge is 0.137 e. The highest BCUT2D eigenvalue weighted by atomic mass is 14.9. The Morgan fingerprint density at radius 2 is 2.17 bits per heavy atom. The zero-order valence-corrected chi connectivity index (χ0v) is 9.85. The maximum Gasteiger partial charge on any atom is 0.137 e. The molecular formula is C14H14N4. The number of nitrogens with two attached hydrogens (primary N) is 1. The summed E-state index contributed by atoms with van der Waals surface area (Å²) in [7, 11) is 0. The molecule has 0 atom stereocenters. The van der Waals surface area contributed by atoms with Crippen LogP contribution in [-0.4, -0.2) is 9.97 Å². The SMILES string of the molecule is Nc1cccc(CNc2cnc3[nH]ccc3c2)c1. The molecule has 3 rings (SSSR count). The number of hydrogen-bond acceptors (Lipinski definition) is 3. The third-order valence-electron chi connectivity index (χ3n) is 2.85. The van der Waals surface area contributed by atoms with Crippen LogP contribution in [0.15, 0.2) is 48.8 Å². The number of benzene rings is 1. The highest BCUT2D eigenvalue weighted by Gasteiger charge is 1.99. The Balaban J connectivity index is 1.76. The van der Waals surface area contributed by atoms with E-state index < -0.39 is 0 Å². The molecule has 0 unspecified atom stereocenters. The van der Waals surface area contributed by atoms with E-state index >= 15 is 0 Å². The molecule has 0 aliphatic carbocycles. The Bertz CT molecular complexity index is 672. The number of hydrogen-bond donors (Lipinski definition) is 3. The lowest BCUT2D eigenvalue weighted by Crippen LogP contribution is -2.00. The quantitative estimate of drug-likeness (QED) is 0.615. The topological polar surface area (TPSA) is 66.7 Å². The second kappa shape index (κ2) is 4.41. The summed E-state index contributed by atoms with van der Waals surface area (Å²) in [6, 6.07) is 11.9. The second-order valence-corrected chi connectivity index (χ2v) is 4.24. The van der Waals surface area contributed by atoms with Crippen molar-refractivity contribution in [1.82, 2.24) is 9.97 Å². The molecule has 4 heteroatoms. The maximum absolute atomic E-state index is 5.74. The van der Waals surface area contributed by atoms with Gasteiger partial charge in [0.2, 0.25) is 0 Å².